The number of morpholine rings is 1. The fourth-order valence-corrected chi connectivity index (χ4v) is 2.17. The molecule has 0 bridgehead atoms. The Hall–Kier alpha value is -1.61. The third-order valence-electron chi connectivity index (χ3n) is 3.16. The molecule has 1 aliphatic heterocycles. The summed E-state index contributed by atoms with van der Waals surface area (Å²) < 4.78 is 5.34. The van der Waals surface area contributed by atoms with E-state index in [0.717, 1.165) is 11.3 Å². The summed E-state index contributed by atoms with van der Waals surface area (Å²) in [5, 5.41) is 18.6. The largest absolute Gasteiger partial charge is 0.394 e. The number of nitrogens with two attached hydrogens (primary N) is 1. The Morgan fingerprint density at radius 1 is 1.56 bits per heavy atom. The molecule has 1 aromatic carbocycles. The average Bonchev–Trinajstić information content (AvgIpc) is 2.46. The number of hydrogen-bond acceptors (Lipinski definition) is 5. The molecule has 18 heavy (non-hydrogen) atoms. The van der Waals surface area contributed by atoms with Crippen LogP contribution in [-0.2, 0) is 11.3 Å². The number of hydrogen-bond donors (Lipinski definition) is 2. The summed E-state index contributed by atoms with van der Waals surface area (Å²) in [7, 11) is 0. The highest BCUT2D eigenvalue weighted by atomic mass is 16.5. The summed E-state index contributed by atoms with van der Waals surface area (Å²) in [6.07, 6.45) is 0. The van der Waals surface area contributed by atoms with Crippen LogP contribution in [0, 0.1) is 11.3 Å². The Kier molecular flexibility index (Phi) is 4.15. The molecular formula is C13H17N3O2. The van der Waals surface area contributed by atoms with Crippen LogP contribution in [0.5, 0.6) is 0 Å². The van der Waals surface area contributed by atoms with Crippen molar-refractivity contribution in [1.82, 2.24) is 0 Å². The molecule has 5 nitrogen and oxygen atoms in total. The van der Waals surface area contributed by atoms with E-state index in [1.54, 1.807) is 6.07 Å². The lowest BCUT2D eigenvalue weighted by Crippen LogP contribution is -2.48. The maximum absolute atomic E-state index is 9.36. The SMILES string of the molecule is N#Cc1cc(CN)ccc1N1CCOCC1CO. The summed E-state index contributed by atoms with van der Waals surface area (Å²) in [4.78, 5) is 2.03. The zero-order valence-electron chi connectivity index (χ0n) is 10.2. The molecule has 1 unspecified atom stereocenters. The second-order valence-corrected chi connectivity index (χ2v) is 4.27. The van der Waals surface area contributed by atoms with Gasteiger partial charge in [0.05, 0.1) is 37.1 Å². The molecule has 1 fully saturated rings. The number of anilines is 1. The number of benzene rings is 1. The highest BCUT2D eigenvalue weighted by molar-refractivity contribution is 5.61. The molecule has 0 amide bonds. The van der Waals surface area contributed by atoms with Crippen molar-refractivity contribution in [2.24, 2.45) is 5.73 Å². The third kappa shape index (κ3) is 2.46. The number of aliphatic hydroxyl groups is 1. The second kappa shape index (κ2) is 5.83. The van der Waals surface area contributed by atoms with E-state index in [1.807, 2.05) is 17.0 Å². The van der Waals surface area contributed by atoms with Crippen LogP contribution in [0.4, 0.5) is 5.69 Å². The van der Waals surface area contributed by atoms with E-state index in [1.165, 1.54) is 0 Å². The summed E-state index contributed by atoms with van der Waals surface area (Å²) >= 11 is 0. The van der Waals surface area contributed by atoms with Crippen LogP contribution in [0.2, 0.25) is 0 Å². The predicted octanol–water partition coefficient (Wildman–Crippen LogP) is 0.214. The molecule has 1 aliphatic rings. The van der Waals surface area contributed by atoms with Gasteiger partial charge in [-0.3, -0.25) is 0 Å². The zero-order valence-corrected chi connectivity index (χ0v) is 10.2. The van der Waals surface area contributed by atoms with Crippen molar-refractivity contribution in [1.29, 1.82) is 5.26 Å². The lowest BCUT2D eigenvalue weighted by atomic mass is 10.1. The molecule has 0 saturated carbocycles. The highest BCUT2D eigenvalue weighted by Crippen LogP contribution is 2.25. The van der Waals surface area contributed by atoms with Crippen LogP contribution in [0.15, 0.2) is 18.2 Å². The number of aliphatic hydroxyl groups excluding tert-OH is 1. The van der Waals surface area contributed by atoms with E-state index >= 15 is 0 Å². The smallest absolute Gasteiger partial charge is 0.101 e. The molecule has 1 saturated heterocycles. The maximum atomic E-state index is 9.36. The number of nitrogens with zero attached hydrogens (tertiary/aromatic N) is 2. The van der Waals surface area contributed by atoms with Crippen molar-refractivity contribution in [3.05, 3.63) is 29.3 Å². The molecule has 1 heterocycles. The first kappa shape index (κ1) is 12.8. The summed E-state index contributed by atoms with van der Waals surface area (Å²) in [6.45, 7) is 2.22. The van der Waals surface area contributed by atoms with Gasteiger partial charge in [-0.2, -0.15) is 5.26 Å². The number of nitriles is 1. The maximum Gasteiger partial charge on any atom is 0.101 e. The van der Waals surface area contributed by atoms with Crippen molar-refractivity contribution < 1.29 is 9.84 Å². The van der Waals surface area contributed by atoms with Gasteiger partial charge in [-0.15, -0.1) is 0 Å². The van der Waals surface area contributed by atoms with Crippen LogP contribution in [0.1, 0.15) is 11.1 Å². The minimum atomic E-state index is -0.0884. The summed E-state index contributed by atoms with van der Waals surface area (Å²) in [5.74, 6) is 0. The Balaban J connectivity index is 2.34. The van der Waals surface area contributed by atoms with Gasteiger partial charge < -0.3 is 20.5 Å². The topological polar surface area (TPSA) is 82.5 Å². The molecule has 5 heteroatoms. The number of ether oxygens (including phenoxy) is 1. The van der Waals surface area contributed by atoms with Crippen LogP contribution in [0.3, 0.4) is 0 Å². The minimum Gasteiger partial charge on any atom is -0.394 e. The fourth-order valence-electron chi connectivity index (χ4n) is 2.17. The van der Waals surface area contributed by atoms with Crippen molar-refractivity contribution in [3.8, 4) is 6.07 Å². The Labute approximate surface area is 106 Å². The zero-order chi connectivity index (χ0) is 13.0. The Morgan fingerprint density at radius 2 is 2.39 bits per heavy atom. The van der Waals surface area contributed by atoms with Crippen molar-refractivity contribution in [2.45, 2.75) is 12.6 Å². The van der Waals surface area contributed by atoms with Gasteiger partial charge in [-0.1, -0.05) is 6.07 Å². The van der Waals surface area contributed by atoms with Crippen molar-refractivity contribution >= 4 is 5.69 Å². The van der Waals surface area contributed by atoms with Gasteiger partial charge in [0.1, 0.15) is 6.07 Å². The van der Waals surface area contributed by atoms with Gasteiger partial charge in [-0.05, 0) is 17.7 Å². The van der Waals surface area contributed by atoms with E-state index in [2.05, 4.69) is 6.07 Å². The van der Waals surface area contributed by atoms with E-state index in [4.69, 9.17) is 10.5 Å². The first-order valence-corrected chi connectivity index (χ1v) is 5.98. The first-order chi connectivity index (χ1) is 8.80. The molecule has 0 aromatic heterocycles. The van der Waals surface area contributed by atoms with E-state index < -0.39 is 0 Å². The molecular weight excluding hydrogens is 230 g/mol. The van der Waals surface area contributed by atoms with Crippen molar-refractivity contribution in [3.63, 3.8) is 0 Å². The first-order valence-electron chi connectivity index (χ1n) is 5.98. The molecule has 1 aromatic rings. The molecule has 2 rings (SSSR count). The normalized spacial score (nSPS) is 19.6. The molecule has 0 radical (unpaired) electrons. The van der Waals surface area contributed by atoms with E-state index in [9.17, 15) is 10.4 Å². The van der Waals surface area contributed by atoms with Crippen LogP contribution >= 0.6 is 0 Å². The van der Waals surface area contributed by atoms with Gasteiger partial charge in [0.15, 0.2) is 0 Å². The minimum absolute atomic E-state index is 0.0174. The Bertz CT molecular complexity index is 456. The fraction of sp³-hybridized carbons (Fsp3) is 0.462. The lowest BCUT2D eigenvalue weighted by Gasteiger charge is -2.36. The summed E-state index contributed by atoms with van der Waals surface area (Å²) in [6, 6.07) is 7.72. The van der Waals surface area contributed by atoms with Gasteiger partial charge in [-0.25, -0.2) is 0 Å². The van der Waals surface area contributed by atoms with Gasteiger partial charge in [0, 0.05) is 13.1 Å². The van der Waals surface area contributed by atoms with Gasteiger partial charge in [0.2, 0.25) is 0 Å². The standard InChI is InChI=1S/C13H17N3O2/c14-6-10-1-2-13(11(5-10)7-15)16-3-4-18-9-12(16)8-17/h1-2,5,12,17H,3-4,6,8-9,14H2. The molecule has 3 N–H and O–H groups in total. The lowest BCUT2D eigenvalue weighted by molar-refractivity contribution is 0.0727. The Morgan fingerprint density at radius 3 is 3.06 bits per heavy atom. The molecule has 0 spiro atoms. The van der Waals surface area contributed by atoms with E-state index in [-0.39, 0.29) is 12.6 Å². The second-order valence-electron chi connectivity index (χ2n) is 4.27. The van der Waals surface area contributed by atoms with Gasteiger partial charge in [0.25, 0.3) is 0 Å². The van der Waals surface area contributed by atoms with E-state index in [0.29, 0.717) is 31.9 Å². The van der Waals surface area contributed by atoms with Crippen LogP contribution in [0.25, 0.3) is 0 Å². The molecule has 96 valence electrons. The summed E-state index contributed by atoms with van der Waals surface area (Å²) in [5.41, 5.74) is 7.95. The predicted molar refractivity (Wildman–Crippen MR) is 68.1 cm³/mol. The molecule has 1 atom stereocenters. The van der Waals surface area contributed by atoms with Crippen LogP contribution < -0.4 is 10.6 Å². The number of rotatable bonds is 3. The quantitative estimate of drug-likeness (QED) is 0.798. The molecule has 0 aliphatic carbocycles. The van der Waals surface area contributed by atoms with Crippen LogP contribution in [-0.4, -0.2) is 37.5 Å². The third-order valence-corrected chi connectivity index (χ3v) is 3.16. The highest BCUT2D eigenvalue weighted by Gasteiger charge is 2.24. The van der Waals surface area contributed by atoms with Crippen molar-refractivity contribution in [2.75, 3.05) is 31.3 Å². The van der Waals surface area contributed by atoms with Gasteiger partial charge >= 0.3 is 0 Å². The average molecular weight is 247 g/mol. The monoisotopic (exact) mass is 247 g/mol.